The summed E-state index contributed by atoms with van der Waals surface area (Å²) >= 11 is 1.43. The highest BCUT2D eigenvalue weighted by Crippen LogP contribution is 2.23. The first kappa shape index (κ1) is 10.8. The van der Waals surface area contributed by atoms with E-state index in [4.69, 9.17) is 5.26 Å². The minimum absolute atomic E-state index is 0.0882. The van der Waals surface area contributed by atoms with Gasteiger partial charge in [0, 0.05) is 0 Å². The normalized spacial score (nSPS) is 12.0. The number of nitrogens with one attached hydrogen (secondary N) is 1. The number of hydrogen-bond donors (Lipinski definition) is 1. The highest BCUT2D eigenvalue weighted by atomic mass is 32.2. The summed E-state index contributed by atoms with van der Waals surface area (Å²) in [5, 5.41) is 9.40. The Balaban J connectivity index is 2.18. The highest BCUT2D eigenvalue weighted by Gasteiger charge is 2.07. The minimum Gasteiger partial charge on any atom is -0.333 e. The quantitative estimate of drug-likeness (QED) is 0.823. The summed E-state index contributed by atoms with van der Waals surface area (Å²) < 4.78 is 0. The number of rotatable bonds is 3. The SMILES string of the molecule is C[C@H](C#N)Sc1ncc(-c2ccccc2)[nH]1. The van der Waals surface area contributed by atoms with E-state index < -0.39 is 0 Å². The van der Waals surface area contributed by atoms with Gasteiger partial charge in [0.05, 0.1) is 23.2 Å². The second-order valence-electron chi connectivity index (χ2n) is 3.36. The van der Waals surface area contributed by atoms with Crippen molar-refractivity contribution in [2.45, 2.75) is 17.3 Å². The van der Waals surface area contributed by atoms with E-state index >= 15 is 0 Å². The van der Waals surface area contributed by atoms with Crippen molar-refractivity contribution < 1.29 is 0 Å². The fourth-order valence-corrected chi connectivity index (χ4v) is 1.99. The molecule has 1 aromatic carbocycles. The van der Waals surface area contributed by atoms with E-state index in [1.54, 1.807) is 6.20 Å². The van der Waals surface area contributed by atoms with Gasteiger partial charge in [-0.3, -0.25) is 0 Å². The van der Waals surface area contributed by atoms with Gasteiger partial charge in [0.1, 0.15) is 0 Å². The number of benzene rings is 1. The molecular weight excluding hydrogens is 218 g/mol. The van der Waals surface area contributed by atoms with Crippen molar-refractivity contribution in [3.05, 3.63) is 36.5 Å². The molecular formula is C12H11N3S. The number of nitriles is 1. The molecule has 0 bridgehead atoms. The molecule has 1 aromatic heterocycles. The Morgan fingerprint density at radius 1 is 1.38 bits per heavy atom. The van der Waals surface area contributed by atoms with Gasteiger partial charge in [-0.25, -0.2) is 4.98 Å². The molecule has 2 rings (SSSR count). The van der Waals surface area contributed by atoms with E-state index in [1.165, 1.54) is 11.8 Å². The first-order valence-electron chi connectivity index (χ1n) is 4.96. The van der Waals surface area contributed by atoms with E-state index in [1.807, 2.05) is 37.3 Å². The molecule has 4 heteroatoms. The van der Waals surface area contributed by atoms with Gasteiger partial charge in [0.25, 0.3) is 0 Å². The van der Waals surface area contributed by atoms with Gasteiger partial charge in [0.15, 0.2) is 5.16 Å². The van der Waals surface area contributed by atoms with Crippen molar-refractivity contribution in [3.63, 3.8) is 0 Å². The lowest BCUT2D eigenvalue weighted by Gasteiger charge is -1.98. The van der Waals surface area contributed by atoms with Gasteiger partial charge in [-0.1, -0.05) is 42.1 Å². The largest absolute Gasteiger partial charge is 0.333 e. The van der Waals surface area contributed by atoms with Gasteiger partial charge in [-0.05, 0) is 12.5 Å². The molecule has 1 heterocycles. The van der Waals surface area contributed by atoms with Crippen LogP contribution in [0, 0.1) is 11.3 Å². The van der Waals surface area contributed by atoms with E-state index in [-0.39, 0.29) is 5.25 Å². The lowest BCUT2D eigenvalue weighted by atomic mass is 10.2. The molecule has 0 aliphatic rings. The van der Waals surface area contributed by atoms with E-state index in [2.05, 4.69) is 16.0 Å². The van der Waals surface area contributed by atoms with E-state index in [9.17, 15) is 0 Å². The zero-order chi connectivity index (χ0) is 11.4. The van der Waals surface area contributed by atoms with Crippen LogP contribution in [0.3, 0.4) is 0 Å². The predicted molar refractivity (Wildman–Crippen MR) is 65.0 cm³/mol. The molecule has 0 saturated heterocycles. The third-order valence-electron chi connectivity index (χ3n) is 2.11. The van der Waals surface area contributed by atoms with Crippen LogP contribution in [-0.4, -0.2) is 15.2 Å². The van der Waals surface area contributed by atoms with Crippen LogP contribution in [0.2, 0.25) is 0 Å². The minimum atomic E-state index is -0.0882. The Morgan fingerprint density at radius 2 is 2.12 bits per heavy atom. The molecule has 0 aliphatic carbocycles. The standard InChI is InChI=1S/C12H11N3S/c1-9(7-13)16-12-14-8-11(15-12)10-5-3-2-4-6-10/h2-6,8-9H,1H3,(H,14,15)/t9-/m1/s1. The van der Waals surface area contributed by atoms with Crippen molar-refractivity contribution in [1.29, 1.82) is 5.26 Å². The van der Waals surface area contributed by atoms with Crippen molar-refractivity contribution in [3.8, 4) is 17.3 Å². The monoisotopic (exact) mass is 229 g/mol. The zero-order valence-corrected chi connectivity index (χ0v) is 9.66. The third-order valence-corrected chi connectivity index (χ3v) is 3.00. The molecule has 16 heavy (non-hydrogen) atoms. The van der Waals surface area contributed by atoms with Gasteiger partial charge < -0.3 is 4.98 Å². The Morgan fingerprint density at radius 3 is 2.81 bits per heavy atom. The molecule has 1 atom stereocenters. The molecule has 80 valence electrons. The summed E-state index contributed by atoms with van der Waals surface area (Å²) in [7, 11) is 0. The lowest BCUT2D eigenvalue weighted by molar-refractivity contribution is 1.05. The van der Waals surface area contributed by atoms with Crippen molar-refractivity contribution >= 4 is 11.8 Å². The first-order chi connectivity index (χ1) is 7.79. The average molecular weight is 229 g/mol. The average Bonchev–Trinajstić information content (AvgIpc) is 2.78. The van der Waals surface area contributed by atoms with Crippen LogP contribution in [0.15, 0.2) is 41.7 Å². The summed E-state index contributed by atoms with van der Waals surface area (Å²) in [4.78, 5) is 7.43. The summed E-state index contributed by atoms with van der Waals surface area (Å²) in [5.74, 6) is 0. The molecule has 0 radical (unpaired) electrons. The molecule has 0 amide bonds. The molecule has 0 fully saturated rings. The van der Waals surface area contributed by atoms with Gasteiger partial charge in [0.2, 0.25) is 0 Å². The number of imidazole rings is 1. The smallest absolute Gasteiger partial charge is 0.167 e. The first-order valence-corrected chi connectivity index (χ1v) is 5.84. The Hall–Kier alpha value is -1.73. The van der Waals surface area contributed by atoms with Crippen LogP contribution in [0.1, 0.15) is 6.92 Å². The fraction of sp³-hybridized carbons (Fsp3) is 0.167. The van der Waals surface area contributed by atoms with Crippen LogP contribution in [0.5, 0.6) is 0 Å². The van der Waals surface area contributed by atoms with Crippen molar-refractivity contribution in [2.24, 2.45) is 0 Å². The van der Waals surface area contributed by atoms with E-state index in [0.29, 0.717) is 0 Å². The Bertz CT molecular complexity index is 498. The van der Waals surface area contributed by atoms with E-state index in [0.717, 1.165) is 16.4 Å². The maximum Gasteiger partial charge on any atom is 0.167 e. The summed E-state index contributed by atoms with van der Waals surface area (Å²) in [6, 6.07) is 12.2. The van der Waals surface area contributed by atoms with Crippen molar-refractivity contribution in [1.82, 2.24) is 9.97 Å². The number of aromatic nitrogens is 2. The topological polar surface area (TPSA) is 52.5 Å². The highest BCUT2D eigenvalue weighted by molar-refractivity contribution is 8.00. The Kier molecular flexibility index (Phi) is 3.28. The lowest BCUT2D eigenvalue weighted by Crippen LogP contribution is -1.90. The van der Waals surface area contributed by atoms with Crippen molar-refractivity contribution in [2.75, 3.05) is 0 Å². The second kappa shape index (κ2) is 4.86. The summed E-state index contributed by atoms with van der Waals surface area (Å²) in [5.41, 5.74) is 2.08. The second-order valence-corrected chi connectivity index (χ2v) is 4.69. The van der Waals surface area contributed by atoms with Crippen LogP contribution < -0.4 is 0 Å². The molecule has 2 aromatic rings. The number of thioether (sulfide) groups is 1. The van der Waals surface area contributed by atoms with Crippen LogP contribution in [0.4, 0.5) is 0 Å². The maximum absolute atomic E-state index is 8.71. The maximum atomic E-state index is 8.71. The summed E-state index contributed by atoms with van der Waals surface area (Å²) in [6.07, 6.45) is 1.79. The number of nitrogens with zero attached hydrogens (tertiary/aromatic N) is 2. The molecule has 3 nitrogen and oxygen atoms in total. The number of H-pyrrole nitrogens is 1. The van der Waals surface area contributed by atoms with Gasteiger partial charge in [-0.2, -0.15) is 5.26 Å². The molecule has 0 spiro atoms. The van der Waals surface area contributed by atoms with Crippen LogP contribution in [-0.2, 0) is 0 Å². The van der Waals surface area contributed by atoms with Crippen LogP contribution in [0.25, 0.3) is 11.3 Å². The molecule has 0 saturated carbocycles. The molecule has 0 unspecified atom stereocenters. The molecule has 1 N–H and O–H groups in total. The van der Waals surface area contributed by atoms with Gasteiger partial charge in [-0.15, -0.1) is 0 Å². The predicted octanol–water partition coefficient (Wildman–Crippen LogP) is 3.08. The zero-order valence-electron chi connectivity index (χ0n) is 8.84. The third kappa shape index (κ3) is 2.44. The number of hydrogen-bond acceptors (Lipinski definition) is 3. The Labute approximate surface area is 98.5 Å². The fourth-order valence-electron chi connectivity index (χ4n) is 1.32. The number of aromatic amines is 1. The summed E-state index contributed by atoms with van der Waals surface area (Å²) in [6.45, 7) is 1.86. The van der Waals surface area contributed by atoms with Gasteiger partial charge >= 0.3 is 0 Å². The molecule has 0 aliphatic heterocycles. The van der Waals surface area contributed by atoms with Crippen LogP contribution >= 0.6 is 11.8 Å².